The Morgan fingerprint density at radius 3 is 2.87 bits per heavy atom. The summed E-state index contributed by atoms with van der Waals surface area (Å²) < 4.78 is 10.0. The first-order chi connectivity index (χ1) is 14.5. The lowest BCUT2D eigenvalue weighted by Gasteiger charge is -2.34. The van der Waals surface area contributed by atoms with Crippen molar-refractivity contribution in [2.24, 2.45) is 18.9 Å². The third-order valence-electron chi connectivity index (χ3n) is 6.39. The van der Waals surface area contributed by atoms with Crippen LogP contribution in [0.2, 0.25) is 0 Å². The Kier molecular flexibility index (Phi) is 4.46. The molecule has 154 valence electrons. The van der Waals surface area contributed by atoms with Gasteiger partial charge in [0.15, 0.2) is 0 Å². The highest BCUT2D eigenvalue weighted by molar-refractivity contribution is 5.93. The summed E-state index contributed by atoms with van der Waals surface area (Å²) in [5.41, 5.74) is 2.51. The summed E-state index contributed by atoms with van der Waals surface area (Å²) in [6.45, 7) is 1.69. The highest BCUT2D eigenvalue weighted by atomic mass is 16.5. The van der Waals surface area contributed by atoms with E-state index < -0.39 is 0 Å². The third kappa shape index (κ3) is 3.11. The van der Waals surface area contributed by atoms with Gasteiger partial charge in [0.2, 0.25) is 5.88 Å². The lowest BCUT2D eigenvalue weighted by Crippen LogP contribution is -2.45. The molecule has 2 aliphatic carbocycles. The van der Waals surface area contributed by atoms with Crippen LogP contribution in [0, 0.1) is 23.7 Å². The average Bonchev–Trinajstić information content (AvgIpc) is 3.51. The lowest BCUT2D eigenvalue weighted by atomic mass is 9.91. The van der Waals surface area contributed by atoms with Crippen LogP contribution in [-0.4, -0.2) is 54.4 Å². The first kappa shape index (κ1) is 18.7. The summed E-state index contributed by atoms with van der Waals surface area (Å²) in [5, 5.41) is 8.63. The fourth-order valence-electron chi connectivity index (χ4n) is 5.00. The number of hydrogen-bond donors (Lipinski definition) is 0. The molecular weight excluding hydrogens is 380 g/mol. The number of hydrogen-bond acceptors (Lipinski definition) is 5. The molecule has 3 aromatic rings. The van der Waals surface area contributed by atoms with E-state index in [9.17, 15) is 4.79 Å². The molecule has 3 heterocycles. The van der Waals surface area contributed by atoms with Crippen LogP contribution in [0.5, 0.6) is 5.88 Å². The van der Waals surface area contributed by atoms with Gasteiger partial charge >= 0.3 is 0 Å². The predicted octanol–water partition coefficient (Wildman–Crippen LogP) is 2.16. The molecule has 0 spiro atoms. The summed E-state index contributed by atoms with van der Waals surface area (Å²) >= 11 is 0. The molecule has 30 heavy (non-hydrogen) atoms. The SMILES string of the molecule is CC#CC(=O)N(C)C1CC2CC(Oc3nc(-c4cnn(C)c4)cn4nccc34)C1C2. The van der Waals surface area contributed by atoms with E-state index in [1.807, 2.05) is 32.6 Å². The minimum atomic E-state index is -0.122. The van der Waals surface area contributed by atoms with E-state index in [1.165, 1.54) is 0 Å². The van der Waals surface area contributed by atoms with E-state index >= 15 is 0 Å². The summed E-state index contributed by atoms with van der Waals surface area (Å²) in [7, 11) is 3.73. The van der Waals surface area contributed by atoms with Crippen LogP contribution in [0.3, 0.4) is 0 Å². The molecule has 0 aliphatic heterocycles. The largest absolute Gasteiger partial charge is 0.472 e. The molecule has 1 amide bonds. The zero-order valence-corrected chi connectivity index (χ0v) is 17.3. The van der Waals surface area contributed by atoms with Crippen molar-refractivity contribution in [2.45, 2.75) is 38.3 Å². The number of fused-ring (bicyclic) bond motifs is 3. The van der Waals surface area contributed by atoms with E-state index in [0.29, 0.717) is 11.8 Å². The van der Waals surface area contributed by atoms with Gasteiger partial charge in [0.25, 0.3) is 5.91 Å². The topological polar surface area (TPSA) is 77.6 Å². The number of aryl methyl sites for hydroxylation is 1. The first-order valence-electron chi connectivity index (χ1n) is 10.2. The van der Waals surface area contributed by atoms with Crippen molar-refractivity contribution in [1.82, 2.24) is 29.3 Å². The fraction of sp³-hybridized carbons (Fsp3) is 0.455. The molecule has 4 atom stereocenters. The number of carbonyl (C=O) groups excluding carboxylic acids is 1. The molecule has 5 rings (SSSR count). The van der Waals surface area contributed by atoms with Crippen LogP contribution in [0.1, 0.15) is 26.2 Å². The second-order valence-electron chi connectivity index (χ2n) is 8.25. The molecule has 0 saturated heterocycles. The van der Waals surface area contributed by atoms with Crippen molar-refractivity contribution in [3.63, 3.8) is 0 Å². The Morgan fingerprint density at radius 1 is 1.27 bits per heavy atom. The van der Waals surface area contributed by atoms with Crippen LogP contribution in [-0.2, 0) is 11.8 Å². The molecule has 0 N–H and O–H groups in total. The number of aromatic nitrogens is 5. The van der Waals surface area contributed by atoms with Crippen LogP contribution in [0.15, 0.2) is 30.9 Å². The molecule has 2 fully saturated rings. The zero-order valence-electron chi connectivity index (χ0n) is 17.3. The standard InChI is InChI=1S/C22H24N6O2/c1-4-5-21(29)27(3)19-9-14-8-16(19)20(10-14)30-22-18-6-7-23-28(18)13-17(25-22)15-11-24-26(2)12-15/h6-7,11-14,16,19-20H,8-10H2,1-3H3. The molecule has 3 aromatic heterocycles. The summed E-state index contributed by atoms with van der Waals surface area (Å²) in [4.78, 5) is 18.9. The van der Waals surface area contributed by atoms with E-state index in [1.54, 1.807) is 33.4 Å². The minimum absolute atomic E-state index is 0.0222. The van der Waals surface area contributed by atoms with Gasteiger partial charge in [0.1, 0.15) is 11.6 Å². The van der Waals surface area contributed by atoms with Gasteiger partial charge in [0.05, 0.1) is 24.3 Å². The summed E-state index contributed by atoms with van der Waals surface area (Å²) in [6, 6.07) is 2.07. The normalized spacial score (nSPS) is 24.6. The van der Waals surface area contributed by atoms with Gasteiger partial charge in [0, 0.05) is 37.8 Å². The lowest BCUT2D eigenvalue weighted by molar-refractivity contribution is -0.127. The maximum atomic E-state index is 12.3. The predicted molar refractivity (Wildman–Crippen MR) is 110 cm³/mol. The van der Waals surface area contributed by atoms with Crippen molar-refractivity contribution in [3.8, 4) is 29.0 Å². The summed E-state index contributed by atoms with van der Waals surface area (Å²) in [5.74, 6) is 6.68. The Bertz CT molecular complexity index is 1170. The van der Waals surface area contributed by atoms with Gasteiger partial charge in [-0.3, -0.25) is 9.48 Å². The van der Waals surface area contributed by atoms with E-state index in [0.717, 1.165) is 36.0 Å². The Balaban J connectivity index is 1.44. The van der Waals surface area contributed by atoms with Crippen LogP contribution in [0.25, 0.3) is 16.8 Å². The highest BCUT2D eigenvalue weighted by Crippen LogP contribution is 2.48. The monoisotopic (exact) mass is 404 g/mol. The van der Waals surface area contributed by atoms with Gasteiger partial charge in [-0.05, 0) is 44.1 Å². The quantitative estimate of drug-likeness (QED) is 0.623. The smallest absolute Gasteiger partial charge is 0.298 e. The van der Waals surface area contributed by atoms with Crippen molar-refractivity contribution in [3.05, 3.63) is 30.9 Å². The molecule has 0 aromatic carbocycles. The van der Waals surface area contributed by atoms with E-state index in [4.69, 9.17) is 9.72 Å². The van der Waals surface area contributed by atoms with Gasteiger partial charge in [-0.1, -0.05) is 5.92 Å². The maximum Gasteiger partial charge on any atom is 0.298 e. The van der Waals surface area contributed by atoms with Crippen molar-refractivity contribution in [2.75, 3.05) is 7.05 Å². The maximum absolute atomic E-state index is 12.3. The highest BCUT2D eigenvalue weighted by Gasteiger charge is 2.50. The number of nitrogens with zero attached hydrogens (tertiary/aromatic N) is 6. The average molecular weight is 404 g/mol. The Morgan fingerprint density at radius 2 is 2.13 bits per heavy atom. The van der Waals surface area contributed by atoms with Crippen LogP contribution >= 0.6 is 0 Å². The van der Waals surface area contributed by atoms with Crippen molar-refractivity contribution < 1.29 is 9.53 Å². The van der Waals surface area contributed by atoms with Crippen molar-refractivity contribution in [1.29, 1.82) is 0 Å². The van der Waals surface area contributed by atoms with Gasteiger partial charge in [-0.25, -0.2) is 9.50 Å². The number of amides is 1. The molecule has 2 saturated carbocycles. The summed E-state index contributed by atoms with van der Waals surface area (Å²) in [6.07, 6.45) is 10.4. The second-order valence-corrected chi connectivity index (χ2v) is 8.25. The van der Waals surface area contributed by atoms with E-state index in [-0.39, 0.29) is 24.0 Å². The minimum Gasteiger partial charge on any atom is -0.472 e. The molecule has 2 bridgehead atoms. The molecule has 8 heteroatoms. The van der Waals surface area contributed by atoms with E-state index in [2.05, 4.69) is 22.0 Å². The van der Waals surface area contributed by atoms with Crippen molar-refractivity contribution >= 4 is 11.4 Å². The first-order valence-corrected chi connectivity index (χ1v) is 10.2. The van der Waals surface area contributed by atoms with Crippen LogP contribution in [0.4, 0.5) is 0 Å². The Labute approximate surface area is 174 Å². The Hall–Kier alpha value is -3.34. The molecule has 0 radical (unpaired) electrons. The fourth-order valence-corrected chi connectivity index (χ4v) is 5.00. The molecular formula is C22H24N6O2. The second kappa shape index (κ2) is 7.17. The third-order valence-corrected chi connectivity index (χ3v) is 6.39. The molecule has 8 nitrogen and oxygen atoms in total. The van der Waals surface area contributed by atoms with Crippen LogP contribution < -0.4 is 4.74 Å². The molecule has 2 aliphatic rings. The van der Waals surface area contributed by atoms with Gasteiger partial charge < -0.3 is 9.64 Å². The number of ether oxygens (including phenoxy) is 1. The number of rotatable bonds is 4. The van der Waals surface area contributed by atoms with Gasteiger partial charge in [-0.15, -0.1) is 0 Å². The zero-order chi connectivity index (χ0) is 20.8. The molecule has 4 unspecified atom stereocenters. The number of carbonyl (C=O) groups is 1. The van der Waals surface area contributed by atoms with Gasteiger partial charge in [-0.2, -0.15) is 10.2 Å².